The molecule has 0 saturated heterocycles. The molecule has 0 heterocycles. The molecule has 0 radical (unpaired) electrons. The lowest BCUT2D eigenvalue weighted by Crippen LogP contribution is -2.55. The number of rotatable bonds is 14. The van der Waals surface area contributed by atoms with Crippen LogP contribution in [0, 0.1) is 12.8 Å². The van der Waals surface area contributed by atoms with E-state index < -0.39 is 23.8 Å². The van der Waals surface area contributed by atoms with E-state index in [-0.39, 0.29) is 17.7 Å². The van der Waals surface area contributed by atoms with Crippen molar-refractivity contribution in [3.05, 3.63) is 64.7 Å². The van der Waals surface area contributed by atoms with Crippen LogP contribution in [-0.2, 0) is 14.3 Å². The maximum absolute atomic E-state index is 14.4. The van der Waals surface area contributed by atoms with Crippen LogP contribution in [0.2, 0.25) is 5.02 Å². The Labute approximate surface area is 251 Å². The van der Waals surface area contributed by atoms with Crippen LogP contribution in [-0.4, -0.2) is 41.0 Å². The van der Waals surface area contributed by atoms with Crippen LogP contribution in [0.5, 0.6) is 0 Å². The van der Waals surface area contributed by atoms with E-state index in [9.17, 15) is 14.4 Å². The summed E-state index contributed by atoms with van der Waals surface area (Å²) in [5, 5.41) is 6.25. The third-order valence-corrected chi connectivity index (χ3v) is 7.40. The van der Waals surface area contributed by atoms with E-state index in [1.807, 2.05) is 63.2 Å². The van der Waals surface area contributed by atoms with Crippen molar-refractivity contribution in [2.24, 2.45) is 5.92 Å². The van der Waals surface area contributed by atoms with E-state index in [0.29, 0.717) is 29.2 Å². The van der Waals surface area contributed by atoms with Gasteiger partial charge in [0.05, 0.1) is 10.7 Å². The Balaban J connectivity index is 2.54. The number of anilines is 1. The highest BCUT2D eigenvalue weighted by atomic mass is 35.5. The number of nitrogens with zero attached hydrogens (tertiary/aromatic N) is 1. The van der Waals surface area contributed by atoms with Crippen molar-refractivity contribution in [2.45, 2.75) is 105 Å². The Morgan fingerprint density at radius 3 is 2.20 bits per heavy atom. The molecule has 0 saturated carbocycles. The zero-order valence-electron chi connectivity index (χ0n) is 25.8. The third kappa shape index (κ3) is 10.7. The van der Waals surface area contributed by atoms with Crippen molar-refractivity contribution in [2.75, 3.05) is 11.9 Å². The van der Waals surface area contributed by atoms with Gasteiger partial charge in [-0.25, -0.2) is 4.79 Å². The lowest BCUT2D eigenvalue weighted by molar-refractivity contribution is -0.142. The molecular weight excluding hydrogens is 538 g/mol. The zero-order valence-corrected chi connectivity index (χ0v) is 26.5. The van der Waals surface area contributed by atoms with Gasteiger partial charge in [0.15, 0.2) is 0 Å². The van der Waals surface area contributed by atoms with Gasteiger partial charge in [-0.3, -0.25) is 9.59 Å². The molecule has 0 spiro atoms. The van der Waals surface area contributed by atoms with Gasteiger partial charge in [-0.2, -0.15) is 0 Å². The molecule has 0 aromatic heterocycles. The minimum Gasteiger partial charge on any atom is -0.444 e. The summed E-state index contributed by atoms with van der Waals surface area (Å²) in [6, 6.07) is 12.9. The average Bonchev–Trinajstić information content (AvgIpc) is 2.91. The largest absolute Gasteiger partial charge is 0.444 e. The van der Waals surface area contributed by atoms with Crippen LogP contribution in [0.25, 0.3) is 0 Å². The first-order valence-electron chi connectivity index (χ1n) is 14.8. The highest BCUT2D eigenvalue weighted by molar-refractivity contribution is 6.34. The van der Waals surface area contributed by atoms with E-state index in [0.717, 1.165) is 37.7 Å². The molecule has 0 aliphatic heterocycles. The van der Waals surface area contributed by atoms with E-state index in [1.165, 1.54) is 0 Å². The number of hydrogen-bond acceptors (Lipinski definition) is 4. The number of amides is 3. The van der Waals surface area contributed by atoms with Gasteiger partial charge in [-0.05, 0) is 57.2 Å². The van der Waals surface area contributed by atoms with Crippen molar-refractivity contribution in [3.63, 3.8) is 0 Å². The summed E-state index contributed by atoms with van der Waals surface area (Å²) in [5.74, 6) is -0.877. The maximum Gasteiger partial charge on any atom is 0.408 e. The number of carbonyl (C=O) groups is 3. The molecule has 3 atom stereocenters. The second-order valence-electron chi connectivity index (χ2n) is 11.7. The van der Waals surface area contributed by atoms with Gasteiger partial charge in [0.25, 0.3) is 5.91 Å². The molecule has 0 bridgehead atoms. The van der Waals surface area contributed by atoms with Gasteiger partial charge in [-0.15, -0.1) is 0 Å². The fourth-order valence-electron chi connectivity index (χ4n) is 4.64. The Morgan fingerprint density at radius 1 is 0.951 bits per heavy atom. The number of para-hydroxylation sites is 1. The zero-order chi connectivity index (χ0) is 30.6. The lowest BCUT2D eigenvalue weighted by Gasteiger charge is -2.36. The van der Waals surface area contributed by atoms with Crippen molar-refractivity contribution in [1.82, 2.24) is 10.2 Å². The monoisotopic (exact) mass is 585 g/mol. The number of ether oxygens (including phenoxy) is 1. The first kappa shape index (κ1) is 34.1. The number of unbranched alkanes of at least 4 members (excludes halogenated alkanes) is 4. The molecule has 0 aliphatic rings. The van der Waals surface area contributed by atoms with Crippen molar-refractivity contribution >= 4 is 35.2 Å². The smallest absolute Gasteiger partial charge is 0.408 e. The molecule has 0 aliphatic carbocycles. The maximum atomic E-state index is 14.4. The summed E-state index contributed by atoms with van der Waals surface area (Å²) in [7, 11) is 0. The fraction of sp³-hybridized carbons (Fsp3) is 0.545. The molecule has 3 unspecified atom stereocenters. The normalized spacial score (nSPS) is 13.6. The van der Waals surface area contributed by atoms with Gasteiger partial charge in [0.2, 0.25) is 5.91 Å². The van der Waals surface area contributed by atoms with E-state index in [4.69, 9.17) is 16.3 Å². The number of halogens is 1. The fourth-order valence-corrected chi connectivity index (χ4v) is 4.91. The Morgan fingerprint density at radius 2 is 1.61 bits per heavy atom. The Hall–Kier alpha value is -3.06. The molecule has 8 heteroatoms. The lowest BCUT2D eigenvalue weighted by atomic mass is 9.95. The third-order valence-electron chi connectivity index (χ3n) is 7.08. The highest BCUT2D eigenvalue weighted by Gasteiger charge is 2.38. The van der Waals surface area contributed by atoms with E-state index in [2.05, 4.69) is 17.6 Å². The molecule has 3 amide bonds. The number of nitrogens with one attached hydrogen (secondary N) is 2. The van der Waals surface area contributed by atoms with Crippen LogP contribution in [0.3, 0.4) is 0 Å². The van der Waals surface area contributed by atoms with Crippen LogP contribution in [0.15, 0.2) is 48.5 Å². The number of hydrogen-bond donors (Lipinski definition) is 2. The summed E-state index contributed by atoms with van der Waals surface area (Å²) in [6.45, 7) is 13.6. The number of carbonyl (C=O) groups excluding carboxylic acids is 3. The van der Waals surface area contributed by atoms with Gasteiger partial charge in [0, 0.05) is 6.54 Å². The Kier molecular flexibility index (Phi) is 13.7. The minimum atomic E-state index is -0.933. The van der Waals surface area contributed by atoms with E-state index in [1.54, 1.807) is 31.7 Å². The summed E-state index contributed by atoms with van der Waals surface area (Å²) in [4.78, 5) is 43.0. The van der Waals surface area contributed by atoms with Gasteiger partial charge < -0.3 is 20.3 Å². The minimum absolute atomic E-state index is 0.192. The first-order chi connectivity index (χ1) is 19.4. The predicted molar refractivity (Wildman–Crippen MR) is 167 cm³/mol. The summed E-state index contributed by atoms with van der Waals surface area (Å²) in [5.41, 5.74) is 1.29. The second kappa shape index (κ2) is 16.4. The van der Waals surface area contributed by atoms with Crippen LogP contribution >= 0.6 is 11.6 Å². The van der Waals surface area contributed by atoms with Gasteiger partial charge in [0.1, 0.15) is 17.7 Å². The van der Waals surface area contributed by atoms with Crippen LogP contribution < -0.4 is 10.6 Å². The number of alkyl carbamates (subject to hydrolysis) is 1. The van der Waals surface area contributed by atoms with Gasteiger partial charge in [-0.1, -0.05) is 107 Å². The molecular formula is C33H48ClN3O4. The molecule has 7 nitrogen and oxygen atoms in total. The quantitative estimate of drug-likeness (QED) is 0.219. The van der Waals surface area contributed by atoms with Crippen molar-refractivity contribution in [1.29, 1.82) is 0 Å². The number of aryl methyl sites for hydroxylation is 1. The standard InChI is InChI=1S/C33H48ClN3O4/c1-8-10-11-12-16-22-37(31(39)28(23(3)9-2)36-32(40)41-33(5,6)7)29(25-19-14-13-15-20-25)30(38)35-27-24(4)18-17-21-26(27)34/h13-15,17-21,23,28-29H,8-12,16,22H2,1-7H3,(H,35,38)(H,36,40). The molecule has 2 aromatic carbocycles. The Bertz CT molecular complexity index is 1110. The van der Waals surface area contributed by atoms with E-state index >= 15 is 0 Å². The predicted octanol–water partition coefficient (Wildman–Crippen LogP) is 8.07. The summed E-state index contributed by atoms with van der Waals surface area (Å²) in [6.07, 6.45) is 4.90. The molecule has 2 rings (SSSR count). The SMILES string of the molecule is CCCCCCCN(C(=O)C(NC(=O)OC(C)(C)C)C(C)CC)C(C(=O)Nc1c(C)cccc1Cl)c1ccccc1. The summed E-state index contributed by atoms with van der Waals surface area (Å²) >= 11 is 6.46. The van der Waals surface area contributed by atoms with Gasteiger partial charge >= 0.3 is 6.09 Å². The molecule has 41 heavy (non-hydrogen) atoms. The first-order valence-corrected chi connectivity index (χ1v) is 15.2. The second-order valence-corrected chi connectivity index (χ2v) is 12.1. The summed E-state index contributed by atoms with van der Waals surface area (Å²) < 4.78 is 5.50. The average molecular weight is 586 g/mol. The van der Waals surface area contributed by atoms with Crippen molar-refractivity contribution in [3.8, 4) is 0 Å². The molecule has 2 aromatic rings. The topological polar surface area (TPSA) is 87.7 Å². The van der Waals surface area contributed by atoms with Crippen LogP contribution in [0.1, 0.15) is 97.2 Å². The number of benzene rings is 2. The molecule has 226 valence electrons. The van der Waals surface area contributed by atoms with Crippen LogP contribution in [0.4, 0.5) is 10.5 Å². The van der Waals surface area contributed by atoms with Crippen molar-refractivity contribution < 1.29 is 19.1 Å². The molecule has 2 N–H and O–H groups in total. The highest BCUT2D eigenvalue weighted by Crippen LogP contribution is 2.30. The molecule has 0 fully saturated rings.